The number of hydrogen-bond donors (Lipinski definition) is 0. The molecule has 6 heteroatoms. The van der Waals surface area contributed by atoms with Gasteiger partial charge in [0.15, 0.2) is 5.65 Å². The van der Waals surface area contributed by atoms with Crippen molar-refractivity contribution in [1.29, 1.82) is 0 Å². The molecule has 0 N–H and O–H groups in total. The van der Waals surface area contributed by atoms with E-state index in [-0.39, 0.29) is 0 Å². The van der Waals surface area contributed by atoms with E-state index >= 15 is 0 Å². The Hall–Kier alpha value is -3.15. The maximum Gasteiger partial charge on any atom is 0.158 e. The standard InChI is InChI=1S/C21H24N6/c1-15-12-17(3)26(23-15)11-10-25(4)21-14-19(18-8-6-5-7-9-18)22-20-13-16(2)24-27(20)21/h5-9,12-14H,10-11H2,1-4H3. The second-order valence-corrected chi connectivity index (χ2v) is 6.99. The molecular formula is C21H24N6. The fraction of sp³-hybridized carbons (Fsp3) is 0.286. The SMILES string of the molecule is Cc1cc(C)n(CCN(C)c2cc(-c3ccccc3)nc3cc(C)nn23)n1. The van der Waals surface area contributed by atoms with Gasteiger partial charge in [-0.25, -0.2) is 4.98 Å². The van der Waals surface area contributed by atoms with Crippen molar-refractivity contribution in [1.82, 2.24) is 24.4 Å². The van der Waals surface area contributed by atoms with Crippen molar-refractivity contribution in [2.75, 3.05) is 18.5 Å². The minimum absolute atomic E-state index is 0.820. The van der Waals surface area contributed by atoms with Crippen LogP contribution in [0.5, 0.6) is 0 Å². The molecular weight excluding hydrogens is 336 g/mol. The largest absolute Gasteiger partial charge is 0.358 e. The van der Waals surface area contributed by atoms with Crippen molar-refractivity contribution >= 4 is 11.5 Å². The van der Waals surface area contributed by atoms with Gasteiger partial charge in [-0.05, 0) is 26.8 Å². The van der Waals surface area contributed by atoms with Gasteiger partial charge in [-0.3, -0.25) is 4.68 Å². The van der Waals surface area contributed by atoms with Gasteiger partial charge in [0, 0.05) is 37.0 Å². The zero-order valence-corrected chi connectivity index (χ0v) is 16.2. The summed E-state index contributed by atoms with van der Waals surface area (Å²) in [7, 11) is 2.09. The van der Waals surface area contributed by atoms with Gasteiger partial charge in [0.2, 0.25) is 0 Å². The lowest BCUT2D eigenvalue weighted by Crippen LogP contribution is -2.26. The summed E-state index contributed by atoms with van der Waals surface area (Å²) in [6, 6.07) is 16.5. The summed E-state index contributed by atoms with van der Waals surface area (Å²) in [5.41, 5.74) is 6.11. The Morgan fingerprint density at radius 3 is 2.37 bits per heavy atom. The number of aromatic nitrogens is 5. The molecule has 27 heavy (non-hydrogen) atoms. The first kappa shape index (κ1) is 17.3. The zero-order valence-electron chi connectivity index (χ0n) is 16.2. The first-order chi connectivity index (χ1) is 13.0. The van der Waals surface area contributed by atoms with Crippen molar-refractivity contribution < 1.29 is 0 Å². The summed E-state index contributed by atoms with van der Waals surface area (Å²) < 4.78 is 3.97. The molecule has 0 aliphatic rings. The van der Waals surface area contributed by atoms with E-state index in [9.17, 15) is 0 Å². The molecule has 0 aliphatic carbocycles. The highest BCUT2D eigenvalue weighted by molar-refractivity contribution is 5.67. The molecule has 1 aromatic carbocycles. The highest BCUT2D eigenvalue weighted by Gasteiger charge is 2.13. The van der Waals surface area contributed by atoms with E-state index in [0.717, 1.165) is 47.2 Å². The molecule has 6 nitrogen and oxygen atoms in total. The van der Waals surface area contributed by atoms with E-state index in [1.54, 1.807) is 0 Å². The van der Waals surface area contributed by atoms with Crippen LogP contribution in [-0.2, 0) is 6.54 Å². The van der Waals surface area contributed by atoms with Crippen LogP contribution in [0.15, 0.2) is 48.5 Å². The van der Waals surface area contributed by atoms with E-state index in [1.807, 2.05) is 42.6 Å². The number of aryl methyl sites for hydroxylation is 3. The predicted octanol–water partition coefficient (Wildman–Crippen LogP) is 3.65. The van der Waals surface area contributed by atoms with Crippen LogP contribution in [0.25, 0.3) is 16.9 Å². The van der Waals surface area contributed by atoms with E-state index in [4.69, 9.17) is 4.98 Å². The molecule has 0 saturated heterocycles. The molecule has 0 unspecified atom stereocenters. The van der Waals surface area contributed by atoms with Crippen molar-refractivity contribution in [3.05, 3.63) is 65.6 Å². The molecule has 0 spiro atoms. The van der Waals surface area contributed by atoms with Gasteiger partial charge in [-0.1, -0.05) is 30.3 Å². The second kappa shape index (κ2) is 6.87. The topological polar surface area (TPSA) is 51.2 Å². The van der Waals surface area contributed by atoms with Crippen molar-refractivity contribution in [3.63, 3.8) is 0 Å². The number of fused-ring (bicyclic) bond motifs is 1. The number of likely N-dealkylation sites (N-methyl/N-ethyl adjacent to an activating group) is 1. The maximum absolute atomic E-state index is 4.80. The van der Waals surface area contributed by atoms with Crippen LogP contribution < -0.4 is 4.90 Å². The Kier molecular flexibility index (Phi) is 4.39. The summed E-state index contributed by atoms with van der Waals surface area (Å²) in [5.74, 6) is 1.02. The molecule has 0 amide bonds. The zero-order chi connectivity index (χ0) is 19.0. The van der Waals surface area contributed by atoms with Gasteiger partial charge in [0.1, 0.15) is 5.82 Å². The van der Waals surface area contributed by atoms with Crippen molar-refractivity contribution in [3.8, 4) is 11.3 Å². The fourth-order valence-corrected chi connectivity index (χ4v) is 3.36. The van der Waals surface area contributed by atoms with E-state index < -0.39 is 0 Å². The molecule has 0 atom stereocenters. The normalized spacial score (nSPS) is 11.3. The van der Waals surface area contributed by atoms with E-state index in [2.05, 4.69) is 58.0 Å². The lowest BCUT2D eigenvalue weighted by atomic mass is 10.1. The lowest BCUT2D eigenvalue weighted by molar-refractivity contribution is 0.588. The highest BCUT2D eigenvalue weighted by atomic mass is 15.4. The molecule has 0 fully saturated rings. The first-order valence-corrected chi connectivity index (χ1v) is 9.16. The Balaban J connectivity index is 1.69. The predicted molar refractivity (Wildman–Crippen MR) is 108 cm³/mol. The molecule has 4 aromatic rings. The fourth-order valence-electron chi connectivity index (χ4n) is 3.36. The van der Waals surface area contributed by atoms with Crippen molar-refractivity contribution in [2.45, 2.75) is 27.3 Å². The van der Waals surface area contributed by atoms with Crippen LogP contribution in [0.3, 0.4) is 0 Å². The number of anilines is 1. The van der Waals surface area contributed by atoms with Gasteiger partial charge < -0.3 is 4.90 Å². The number of benzene rings is 1. The number of hydrogen-bond acceptors (Lipinski definition) is 4. The average Bonchev–Trinajstić information content (AvgIpc) is 3.19. The molecule has 0 aliphatic heterocycles. The molecule has 138 valence electrons. The van der Waals surface area contributed by atoms with Crippen LogP contribution in [-0.4, -0.2) is 38.0 Å². The van der Waals surface area contributed by atoms with Gasteiger partial charge in [0.05, 0.1) is 23.6 Å². The van der Waals surface area contributed by atoms with Gasteiger partial charge in [-0.15, -0.1) is 0 Å². The monoisotopic (exact) mass is 360 g/mol. The number of rotatable bonds is 5. The maximum atomic E-state index is 4.80. The van der Waals surface area contributed by atoms with E-state index in [1.165, 1.54) is 5.69 Å². The quantitative estimate of drug-likeness (QED) is 0.545. The smallest absolute Gasteiger partial charge is 0.158 e. The van der Waals surface area contributed by atoms with Gasteiger partial charge >= 0.3 is 0 Å². The molecule has 3 aromatic heterocycles. The highest BCUT2D eigenvalue weighted by Crippen LogP contribution is 2.24. The Bertz CT molecular complexity index is 1080. The molecule has 4 rings (SSSR count). The van der Waals surface area contributed by atoms with Crippen molar-refractivity contribution in [2.24, 2.45) is 0 Å². The van der Waals surface area contributed by atoms with Gasteiger partial charge in [-0.2, -0.15) is 14.7 Å². The summed E-state index contributed by atoms with van der Waals surface area (Å²) in [5, 5.41) is 9.20. The first-order valence-electron chi connectivity index (χ1n) is 9.16. The van der Waals surface area contributed by atoms with Crippen LogP contribution in [0.2, 0.25) is 0 Å². The van der Waals surface area contributed by atoms with Crippen LogP contribution in [0.4, 0.5) is 5.82 Å². The summed E-state index contributed by atoms with van der Waals surface area (Å²) in [6.07, 6.45) is 0. The third-order valence-corrected chi connectivity index (χ3v) is 4.74. The Labute approximate surface area is 159 Å². The molecule has 0 saturated carbocycles. The van der Waals surface area contributed by atoms with Crippen LogP contribution in [0.1, 0.15) is 17.1 Å². The van der Waals surface area contributed by atoms with Crippen LogP contribution in [0, 0.1) is 20.8 Å². The molecule has 3 heterocycles. The summed E-state index contributed by atoms with van der Waals surface area (Å²) in [6.45, 7) is 7.76. The lowest BCUT2D eigenvalue weighted by Gasteiger charge is -2.21. The van der Waals surface area contributed by atoms with Crippen LogP contribution >= 0.6 is 0 Å². The average molecular weight is 360 g/mol. The summed E-state index contributed by atoms with van der Waals surface area (Å²) in [4.78, 5) is 7.01. The molecule has 0 radical (unpaired) electrons. The Morgan fingerprint density at radius 1 is 0.926 bits per heavy atom. The van der Waals surface area contributed by atoms with Gasteiger partial charge in [0.25, 0.3) is 0 Å². The second-order valence-electron chi connectivity index (χ2n) is 6.99. The minimum Gasteiger partial charge on any atom is -0.358 e. The third kappa shape index (κ3) is 3.43. The minimum atomic E-state index is 0.820. The van der Waals surface area contributed by atoms with E-state index in [0.29, 0.717) is 0 Å². The Morgan fingerprint density at radius 2 is 1.67 bits per heavy atom. The molecule has 0 bridgehead atoms. The number of nitrogens with zero attached hydrogens (tertiary/aromatic N) is 6. The third-order valence-electron chi connectivity index (χ3n) is 4.74. The summed E-state index contributed by atoms with van der Waals surface area (Å²) >= 11 is 0.